The highest BCUT2D eigenvalue weighted by molar-refractivity contribution is 6.05. The minimum atomic E-state index is -0.983. The predicted molar refractivity (Wildman–Crippen MR) is 116 cm³/mol. The first kappa shape index (κ1) is 21.0. The van der Waals surface area contributed by atoms with Gasteiger partial charge < -0.3 is 14.7 Å². The van der Waals surface area contributed by atoms with Crippen LogP contribution in [0.25, 0.3) is 10.9 Å². The molecule has 5 rings (SSSR count). The third-order valence-corrected chi connectivity index (χ3v) is 6.28. The van der Waals surface area contributed by atoms with Crippen molar-refractivity contribution in [3.63, 3.8) is 0 Å². The lowest BCUT2D eigenvalue weighted by atomic mass is 10.1. The largest absolute Gasteiger partial charge is 0.483 e. The lowest BCUT2D eigenvalue weighted by Crippen LogP contribution is -2.44. The zero-order valence-electron chi connectivity index (χ0n) is 18.2. The molecule has 1 amide bonds. The van der Waals surface area contributed by atoms with Gasteiger partial charge in [-0.3, -0.25) is 14.3 Å². The van der Waals surface area contributed by atoms with Crippen molar-refractivity contribution in [2.75, 3.05) is 0 Å². The van der Waals surface area contributed by atoms with Gasteiger partial charge in [0.05, 0.1) is 5.52 Å². The molecule has 1 saturated heterocycles. The zero-order valence-corrected chi connectivity index (χ0v) is 18.2. The van der Waals surface area contributed by atoms with Crippen LogP contribution in [0.5, 0.6) is 5.75 Å². The monoisotopic (exact) mass is 449 g/mol. The summed E-state index contributed by atoms with van der Waals surface area (Å²) in [4.78, 5) is 46.8. The zero-order chi connectivity index (χ0) is 23.3. The normalized spacial score (nSPS) is 22.1. The topological polar surface area (TPSA) is 128 Å². The van der Waals surface area contributed by atoms with Gasteiger partial charge in [0, 0.05) is 30.7 Å². The minimum Gasteiger partial charge on any atom is -0.483 e. The number of benzene rings is 1. The SMILES string of the molecule is CC(=O)c1nn(CC(=O)N2[C@@H]3C[C@@H]3C[C@H]2C(=O)O)c2ccc(OC(C)c3ncccn3)cc12. The van der Waals surface area contributed by atoms with E-state index in [2.05, 4.69) is 15.1 Å². The molecule has 3 heterocycles. The van der Waals surface area contributed by atoms with E-state index in [-0.39, 0.29) is 35.9 Å². The van der Waals surface area contributed by atoms with E-state index in [1.54, 1.807) is 36.7 Å². The van der Waals surface area contributed by atoms with Gasteiger partial charge in [-0.05, 0) is 49.9 Å². The molecule has 10 nitrogen and oxygen atoms in total. The Morgan fingerprint density at radius 2 is 1.97 bits per heavy atom. The average Bonchev–Trinajstić information content (AvgIpc) is 3.30. The number of hydrogen-bond donors (Lipinski definition) is 1. The standard InChI is InChI=1S/C23H23N5O5/c1-12(29)21-16-10-15(33-13(2)22-24-6-3-7-25-22)4-5-17(16)27(26-21)11-20(30)28-18-8-14(18)9-19(28)23(31)32/h3-7,10,13-14,18-19H,8-9,11H2,1-2H3,(H,31,32)/t13?,14-,18-,19+/m1/s1. The Hall–Kier alpha value is -3.82. The number of carboxylic acids is 1. The molecule has 1 unspecified atom stereocenters. The van der Waals surface area contributed by atoms with E-state index in [0.717, 1.165) is 6.42 Å². The average molecular weight is 449 g/mol. The van der Waals surface area contributed by atoms with E-state index in [4.69, 9.17) is 4.74 Å². The van der Waals surface area contributed by atoms with Crippen molar-refractivity contribution in [1.29, 1.82) is 0 Å². The van der Waals surface area contributed by atoms with E-state index in [1.807, 2.05) is 6.92 Å². The first-order valence-electron chi connectivity index (χ1n) is 10.8. The molecular weight excluding hydrogens is 426 g/mol. The van der Waals surface area contributed by atoms with Crippen LogP contribution in [0.3, 0.4) is 0 Å². The number of nitrogens with zero attached hydrogens (tertiary/aromatic N) is 5. The van der Waals surface area contributed by atoms with Crippen molar-refractivity contribution in [1.82, 2.24) is 24.6 Å². The molecule has 33 heavy (non-hydrogen) atoms. The third-order valence-electron chi connectivity index (χ3n) is 6.28. The van der Waals surface area contributed by atoms with Crippen molar-refractivity contribution in [3.05, 3.63) is 48.2 Å². The summed E-state index contributed by atoms with van der Waals surface area (Å²) in [5, 5.41) is 14.4. The van der Waals surface area contributed by atoms with Crippen molar-refractivity contribution in [3.8, 4) is 5.75 Å². The number of likely N-dealkylation sites (tertiary alicyclic amines) is 1. The van der Waals surface area contributed by atoms with Gasteiger partial charge in [0.15, 0.2) is 17.7 Å². The maximum absolute atomic E-state index is 13.0. The van der Waals surface area contributed by atoms with Crippen molar-refractivity contribution >= 4 is 28.6 Å². The summed E-state index contributed by atoms with van der Waals surface area (Å²) in [5.74, 6) is -0.211. The van der Waals surface area contributed by atoms with Crippen LogP contribution < -0.4 is 4.74 Å². The van der Waals surface area contributed by atoms with Crippen molar-refractivity contribution in [2.24, 2.45) is 5.92 Å². The number of carbonyl (C=O) groups is 3. The second-order valence-electron chi connectivity index (χ2n) is 8.56. The molecule has 1 aromatic carbocycles. The maximum Gasteiger partial charge on any atom is 0.326 e. The van der Waals surface area contributed by atoms with Gasteiger partial charge in [0.1, 0.15) is 24.0 Å². The van der Waals surface area contributed by atoms with Crippen LogP contribution in [0.2, 0.25) is 0 Å². The Kier molecular flexibility index (Phi) is 5.07. The summed E-state index contributed by atoms with van der Waals surface area (Å²) in [6.45, 7) is 3.11. The van der Waals surface area contributed by atoms with Gasteiger partial charge in [-0.1, -0.05) is 0 Å². The number of aromatic nitrogens is 4. The molecule has 2 aliphatic rings. The van der Waals surface area contributed by atoms with Gasteiger partial charge in [0.2, 0.25) is 5.91 Å². The van der Waals surface area contributed by atoms with Gasteiger partial charge in [-0.2, -0.15) is 5.10 Å². The number of aliphatic carboxylic acids is 1. The highest BCUT2D eigenvalue weighted by atomic mass is 16.5. The maximum atomic E-state index is 13.0. The van der Waals surface area contributed by atoms with E-state index < -0.39 is 18.1 Å². The van der Waals surface area contributed by atoms with Crippen LogP contribution in [0, 0.1) is 5.92 Å². The number of amides is 1. The summed E-state index contributed by atoms with van der Waals surface area (Å²) in [7, 11) is 0. The lowest BCUT2D eigenvalue weighted by molar-refractivity contribution is -0.149. The Morgan fingerprint density at radius 1 is 1.21 bits per heavy atom. The highest BCUT2D eigenvalue weighted by Gasteiger charge is 2.56. The summed E-state index contributed by atoms with van der Waals surface area (Å²) in [5.41, 5.74) is 0.829. The summed E-state index contributed by atoms with van der Waals surface area (Å²) >= 11 is 0. The summed E-state index contributed by atoms with van der Waals surface area (Å²) < 4.78 is 7.43. The van der Waals surface area contributed by atoms with Crippen LogP contribution in [0.15, 0.2) is 36.7 Å². The summed E-state index contributed by atoms with van der Waals surface area (Å²) in [6, 6.07) is 6.12. The molecule has 2 fully saturated rings. The van der Waals surface area contributed by atoms with E-state index in [0.29, 0.717) is 28.9 Å². The molecule has 0 spiro atoms. The van der Waals surface area contributed by atoms with Crippen LogP contribution in [0.1, 0.15) is 49.1 Å². The quantitative estimate of drug-likeness (QED) is 0.544. The highest BCUT2D eigenvalue weighted by Crippen LogP contribution is 2.48. The van der Waals surface area contributed by atoms with E-state index in [1.165, 1.54) is 16.5 Å². The van der Waals surface area contributed by atoms with Crippen LogP contribution in [0.4, 0.5) is 0 Å². The fourth-order valence-corrected chi connectivity index (χ4v) is 4.64. The molecular formula is C23H23N5O5. The van der Waals surface area contributed by atoms with Crippen molar-refractivity contribution < 1.29 is 24.2 Å². The number of piperidine rings is 1. The molecule has 3 aromatic rings. The predicted octanol–water partition coefficient (Wildman–Crippen LogP) is 2.24. The second-order valence-corrected chi connectivity index (χ2v) is 8.56. The van der Waals surface area contributed by atoms with Crippen molar-refractivity contribution in [2.45, 2.75) is 51.4 Å². The Balaban J connectivity index is 1.42. The Bertz CT molecular complexity index is 1260. The number of ether oxygens (including phenoxy) is 1. The first-order valence-corrected chi connectivity index (χ1v) is 10.8. The number of ketones is 1. The van der Waals surface area contributed by atoms with Crippen LogP contribution in [-0.4, -0.2) is 59.5 Å². The molecule has 4 atom stereocenters. The first-order chi connectivity index (χ1) is 15.8. The molecule has 0 bridgehead atoms. The molecule has 1 aliphatic heterocycles. The fourth-order valence-electron chi connectivity index (χ4n) is 4.64. The smallest absolute Gasteiger partial charge is 0.326 e. The molecule has 10 heteroatoms. The van der Waals surface area contributed by atoms with Gasteiger partial charge in [-0.15, -0.1) is 0 Å². The van der Waals surface area contributed by atoms with Gasteiger partial charge in [0.25, 0.3) is 0 Å². The van der Waals surface area contributed by atoms with Crippen LogP contribution >= 0.6 is 0 Å². The van der Waals surface area contributed by atoms with Gasteiger partial charge in [-0.25, -0.2) is 14.8 Å². The number of Topliss-reactive ketones (excluding diaryl/α,β-unsaturated/α-hetero) is 1. The third kappa shape index (κ3) is 3.81. The number of rotatable bonds is 7. The lowest BCUT2D eigenvalue weighted by Gasteiger charge is -2.24. The van der Waals surface area contributed by atoms with Crippen LogP contribution in [-0.2, 0) is 16.1 Å². The Labute approximate surface area is 189 Å². The van der Waals surface area contributed by atoms with E-state index >= 15 is 0 Å². The number of hydrogen-bond acceptors (Lipinski definition) is 7. The number of fused-ring (bicyclic) bond motifs is 2. The number of carboxylic acid groups (broad SMARTS) is 1. The molecule has 1 aliphatic carbocycles. The second kappa shape index (κ2) is 7.95. The molecule has 1 saturated carbocycles. The Morgan fingerprint density at radius 3 is 2.67 bits per heavy atom. The molecule has 1 N–H and O–H groups in total. The van der Waals surface area contributed by atoms with Gasteiger partial charge >= 0.3 is 5.97 Å². The molecule has 0 radical (unpaired) electrons. The molecule has 170 valence electrons. The fraction of sp³-hybridized carbons (Fsp3) is 0.391. The van der Waals surface area contributed by atoms with E-state index in [9.17, 15) is 19.5 Å². The minimum absolute atomic E-state index is 0.00519. The number of carbonyl (C=O) groups excluding carboxylic acids is 2. The molecule has 2 aromatic heterocycles. The summed E-state index contributed by atoms with van der Waals surface area (Å²) in [6.07, 6.45) is 4.21.